The Morgan fingerprint density at radius 1 is 0.902 bits per heavy atom. The molecular formula is C38H32BrF3N2O6S. The van der Waals surface area contributed by atoms with E-state index in [1.807, 2.05) is 97.1 Å². The minimum atomic E-state index is -5.05. The molecule has 2 fully saturated rings. The lowest BCUT2D eigenvalue weighted by Crippen LogP contribution is -2.44. The number of carboxylic acids is 1. The number of halogens is 4. The third kappa shape index (κ3) is 6.03. The number of amides is 1. The largest absolute Gasteiger partial charge is 0.481 e. The van der Waals surface area contributed by atoms with Gasteiger partial charge in [-0.3, -0.25) is 9.59 Å². The predicted molar refractivity (Wildman–Crippen MR) is 183 cm³/mol. The van der Waals surface area contributed by atoms with E-state index in [4.69, 9.17) is 10.5 Å². The molecular weight excluding hydrogens is 749 g/mol. The number of benzene rings is 4. The van der Waals surface area contributed by atoms with Crippen LogP contribution in [0.3, 0.4) is 0 Å². The van der Waals surface area contributed by atoms with E-state index in [0.717, 1.165) is 6.07 Å². The number of alkyl halides is 3. The van der Waals surface area contributed by atoms with Crippen molar-refractivity contribution in [1.82, 2.24) is 0 Å². The zero-order valence-electron chi connectivity index (χ0n) is 26.9. The van der Waals surface area contributed by atoms with E-state index in [1.54, 1.807) is 0 Å². The van der Waals surface area contributed by atoms with Crippen molar-refractivity contribution in [1.29, 1.82) is 5.26 Å². The van der Waals surface area contributed by atoms with Gasteiger partial charge in [0.05, 0.1) is 33.8 Å². The highest BCUT2D eigenvalue weighted by Gasteiger charge is 2.75. The van der Waals surface area contributed by atoms with E-state index < -0.39 is 91.3 Å². The van der Waals surface area contributed by atoms with Gasteiger partial charge in [0.1, 0.15) is 11.0 Å². The fourth-order valence-electron chi connectivity index (χ4n) is 7.93. The fraction of sp³-hybridized carbons (Fsp3) is 0.289. The predicted octanol–water partition coefficient (Wildman–Crippen LogP) is 7.12. The second-order valence-electron chi connectivity index (χ2n) is 13.1. The number of primary amides is 1. The summed E-state index contributed by atoms with van der Waals surface area (Å²) in [6.45, 7) is -0.403. The number of ether oxygens (including phenoxy) is 1. The van der Waals surface area contributed by atoms with Crippen LogP contribution in [0.25, 0.3) is 0 Å². The van der Waals surface area contributed by atoms with Crippen molar-refractivity contribution < 1.29 is 41.0 Å². The number of rotatable bonds is 11. The van der Waals surface area contributed by atoms with Gasteiger partial charge in [-0.15, -0.1) is 0 Å². The fourth-order valence-corrected chi connectivity index (χ4v) is 10.4. The number of carboxylic acid groups (broad SMARTS) is 1. The van der Waals surface area contributed by atoms with Gasteiger partial charge in [-0.1, -0.05) is 107 Å². The van der Waals surface area contributed by atoms with Gasteiger partial charge < -0.3 is 15.6 Å². The summed E-state index contributed by atoms with van der Waals surface area (Å²) in [5.74, 6) is -4.95. The molecule has 2 aliphatic carbocycles. The number of nitriles is 1. The third-order valence-corrected chi connectivity index (χ3v) is 13.2. The van der Waals surface area contributed by atoms with E-state index in [2.05, 4.69) is 15.9 Å². The van der Waals surface area contributed by atoms with E-state index in [9.17, 15) is 41.5 Å². The smallest absolute Gasteiger partial charge is 0.417 e. The molecule has 6 rings (SSSR count). The molecule has 4 aromatic rings. The summed E-state index contributed by atoms with van der Waals surface area (Å²) in [5.41, 5.74) is 0.910. The number of nitrogens with zero attached hydrogens (tertiary/aromatic N) is 1. The molecule has 0 radical (unpaired) electrons. The Kier molecular flexibility index (Phi) is 9.41. The van der Waals surface area contributed by atoms with Crippen LogP contribution in [0.5, 0.6) is 0 Å². The highest BCUT2D eigenvalue weighted by atomic mass is 79.9. The Labute approximate surface area is 301 Å². The number of nitrogens with two attached hydrogens (primary N) is 1. The van der Waals surface area contributed by atoms with Crippen LogP contribution in [0.1, 0.15) is 41.5 Å². The molecule has 2 saturated carbocycles. The van der Waals surface area contributed by atoms with Gasteiger partial charge in [-0.05, 0) is 54.2 Å². The van der Waals surface area contributed by atoms with Gasteiger partial charge in [0.25, 0.3) is 0 Å². The summed E-state index contributed by atoms with van der Waals surface area (Å²) in [6, 6.07) is 31.9. The molecule has 264 valence electrons. The zero-order valence-corrected chi connectivity index (χ0v) is 29.3. The summed E-state index contributed by atoms with van der Waals surface area (Å²) in [4.78, 5) is 25.2. The Balaban J connectivity index is 1.51. The Morgan fingerprint density at radius 3 is 1.82 bits per heavy atom. The van der Waals surface area contributed by atoms with Crippen molar-refractivity contribution in [3.05, 3.63) is 136 Å². The zero-order chi connectivity index (χ0) is 36.8. The highest BCUT2D eigenvalue weighted by Crippen LogP contribution is 2.68. The molecule has 8 nitrogen and oxygen atoms in total. The first-order chi connectivity index (χ1) is 24.1. The number of hydrogen-bond donors (Lipinski definition) is 2. The van der Waals surface area contributed by atoms with Gasteiger partial charge in [0.15, 0.2) is 9.84 Å². The van der Waals surface area contributed by atoms with Crippen LogP contribution in [0.4, 0.5) is 13.2 Å². The maximum Gasteiger partial charge on any atom is 0.417 e. The SMILES string of the molecule is N#CC1(C(N)=O)CC1[C@]1(C(=O)O)C[C@@H](S(=O)(=O)c2ccc(Br)cc2C(F)(F)F)C[C@H]1COC(c1ccccc1)(c1ccccc1)c1ccccc1. The molecule has 3 N–H and O–H groups in total. The van der Waals surface area contributed by atoms with Crippen LogP contribution in [0, 0.1) is 34.0 Å². The summed E-state index contributed by atoms with van der Waals surface area (Å²) in [5, 5.41) is 19.5. The third-order valence-electron chi connectivity index (χ3n) is 10.5. The Hall–Kier alpha value is -4.51. The molecule has 4 aromatic carbocycles. The molecule has 51 heavy (non-hydrogen) atoms. The van der Waals surface area contributed by atoms with Crippen molar-refractivity contribution in [2.24, 2.45) is 28.4 Å². The monoisotopic (exact) mass is 780 g/mol. The lowest BCUT2D eigenvalue weighted by molar-refractivity contribution is -0.157. The van der Waals surface area contributed by atoms with Gasteiger partial charge in [0, 0.05) is 16.3 Å². The molecule has 0 saturated heterocycles. The van der Waals surface area contributed by atoms with Crippen molar-refractivity contribution in [2.75, 3.05) is 6.61 Å². The van der Waals surface area contributed by atoms with Crippen LogP contribution >= 0.6 is 15.9 Å². The number of carbonyl (C=O) groups is 2. The second-order valence-corrected chi connectivity index (χ2v) is 16.2. The molecule has 13 heteroatoms. The molecule has 2 unspecified atom stereocenters. The molecule has 1 amide bonds. The topological polar surface area (TPSA) is 148 Å². The quantitative estimate of drug-likeness (QED) is 0.154. The number of aliphatic carboxylic acids is 1. The second kappa shape index (κ2) is 13.2. The molecule has 2 aliphatic rings. The minimum Gasteiger partial charge on any atom is -0.481 e. The van der Waals surface area contributed by atoms with Crippen LogP contribution in [0.15, 0.2) is 119 Å². The van der Waals surface area contributed by atoms with E-state index in [0.29, 0.717) is 22.8 Å². The van der Waals surface area contributed by atoms with E-state index in [1.165, 1.54) is 6.07 Å². The first-order valence-corrected chi connectivity index (χ1v) is 18.3. The maximum absolute atomic E-state index is 14.2. The van der Waals surface area contributed by atoms with Crippen molar-refractivity contribution in [3.63, 3.8) is 0 Å². The molecule has 5 atom stereocenters. The van der Waals surface area contributed by atoms with Crippen LogP contribution < -0.4 is 5.73 Å². The highest BCUT2D eigenvalue weighted by molar-refractivity contribution is 9.10. The average Bonchev–Trinajstić information content (AvgIpc) is 3.75. The molecule has 0 bridgehead atoms. The molecule has 0 aromatic heterocycles. The first-order valence-electron chi connectivity index (χ1n) is 16.0. The van der Waals surface area contributed by atoms with Crippen molar-refractivity contribution >= 4 is 37.6 Å². The maximum atomic E-state index is 14.2. The minimum absolute atomic E-state index is 0.00340. The molecule has 0 spiro atoms. The first kappa shape index (κ1) is 36.3. The lowest BCUT2D eigenvalue weighted by Gasteiger charge is -2.39. The van der Waals surface area contributed by atoms with Gasteiger partial charge in [0.2, 0.25) is 5.91 Å². The van der Waals surface area contributed by atoms with E-state index in [-0.39, 0.29) is 10.9 Å². The Bertz CT molecular complexity index is 2020. The molecule has 0 heterocycles. The number of sulfone groups is 1. The lowest BCUT2D eigenvalue weighted by atomic mass is 9.71. The van der Waals surface area contributed by atoms with Crippen LogP contribution in [0.2, 0.25) is 0 Å². The number of hydrogen-bond acceptors (Lipinski definition) is 6. The standard InChI is InChI=1S/C38H32BrF3N2O6S/c39-28-16-17-31(30(19-28)38(40,41)42)51(48,49)29-18-27(36(20-29,34(46)47)32-21-35(32,23-43)33(44)45)22-50-37(24-10-4-1-5-11-24,25-12-6-2-7-13-25)26-14-8-3-9-15-26/h1-17,19,27,29,32H,18,20-22H2,(H2,44,45)(H,46,47)/t27-,29-,32?,35?,36-/m0/s1. The van der Waals surface area contributed by atoms with Crippen LogP contribution in [-0.4, -0.2) is 37.3 Å². The normalized spacial score (nSPS) is 24.8. The van der Waals surface area contributed by atoms with Crippen molar-refractivity contribution in [2.45, 2.75) is 41.2 Å². The number of carbonyl (C=O) groups excluding carboxylic acids is 1. The average molecular weight is 782 g/mol. The summed E-state index contributed by atoms with van der Waals surface area (Å²) in [7, 11) is -4.85. The summed E-state index contributed by atoms with van der Waals surface area (Å²) >= 11 is 2.98. The van der Waals surface area contributed by atoms with Gasteiger partial charge in [-0.25, -0.2) is 8.42 Å². The van der Waals surface area contributed by atoms with Gasteiger partial charge >= 0.3 is 12.1 Å². The van der Waals surface area contributed by atoms with Gasteiger partial charge in [-0.2, -0.15) is 18.4 Å². The Morgan fingerprint density at radius 2 is 1.41 bits per heavy atom. The van der Waals surface area contributed by atoms with Crippen LogP contribution in [-0.2, 0) is 35.9 Å². The molecule has 0 aliphatic heterocycles. The van der Waals surface area contributed by atoms with Crippen molar-refractivity contribution in [3.8, 4) is 6.07 Å². The summed E-state index contributed by atoms with van der Waals surface area (Å²) < 4.78 is 78.1. The summed E-state index contributed by atoms with van der Waals surface area (Å²) in [6.07, 6.45) is -6.38. The van der Waals surface area contributed by atoms with E-state index >= 15 is 0 Å².